The summed E-state index contributed by atoms with van der Waals surface area (Å²) in [7, 11) is -3.75. The predicted molar refractivity (Wildman–Crippen MR) is 139 cm³/mol. The molecule has 0 aliphatic heterocycles. The largest absolute Gasteiger partial charge is 0.447 e. The molecular weight excluding hydrogens is 506 g/mol. The number of unbranched alkanes of at least 4 members (excludes halogenated alkanes) is 2. The maximum Gasteiger partial charge on any atom is 0.411 e. The van der Waals surface area contributed by atoms with E-state index in [2.05, 4.69) is 20.0 Å². The zero-order chi connectivity index (χ0) is 26.5. The molecule has 0 aliphatic rings. The van der Waals surface area contributed by atoms with Crippen LogP contribution in [0.2, 0.25) is 5.02 Å². The Bertz CT molecular complexity index is 1370. The number of aryl methyl sites for hydroxylation is 1. The number of nitrogens with one attached hydrogen (secondary N) is 2. The fourth-order valence-electron chi connectivity index (χ4n) is 3.50. The van der Waals surface area contributed by atoms with Crippen molar-refractivity contribution in [1.29, 1.82) is 0 Å². The van der Waals surface area contributed by atoms with E-state index in [1.807, 2.05) is 6.92 Å². The van der Waals surface area contributed by atoms with Crippen molar-refractivity contribution in [2.75, 3.05) is 11.1 Å². The van der Waals surface area contributed by atoms with Crippen LogP contribution in [0, 0.1) is 6.92 Å². The van der Waals surface area contributed by atoms with Gasteiger partial charge in [-0.05, 0) is 57.0 Å². The monoisotopic (exact) mass is 535 g/mol. The van der Waals surface area contributed by atoms with E-state index in [1.54, 1.807) is 49.6 Å². The number of ether oxygens (including phenoxy) is 1. The Balaban J connectivity index is 1.81. The van der Waals surface area contributed by atoms with Gasteiger partial charge in [0.2, 0.25) is 10.0 Å². The van der Waals surface area contributed by atoms with Crippen LogP contribution in [-0.4, -0.2) is 46.8 Å². The quantitative estimate of drug-likeness (QED) is 0.361. The number of halogens is 1. The van der Waals surface area contributed by atoms with Gasteiger partial charge < -0.3 is 9.30 Å². The molecule has 0 atom stereocenters. The molecule has 36 heavy (non-hydrogen) atoms. The van der Waals surface area contributed by atoms with E-state index < -0.39 is 22.0 Å². The van der Waals surface area contributed by atoms with Gasteiger partial charge in [-0.2, -0.15) is 0 Å². The van der Waals surface area contributed by atoms with Crippen molar-refractivity contribution in [2.45, 2.75) is 59.6 Å². The number of hydrogen-bond donors (Lipinski definition) is 2. The van der Waals surface area contributed by atoms with Crippen LogP contribution in [0.25, 0.3) is 11.2 Å². The number of hydrogen-bond acceptors (Lipinski definition) is 7. The van der Waals surface area contributed by atoms with E-state index in [1.165, 1.54) is 6.07 Å². The first-order valence-corrected chi connectivity index (χ1v) is 13.7. The Hall–Kier alpha value is -3.18. The van der Waals surface area contributed by atoms with E-state index in [9.17, 15) is 18.0 Å². The highest BCUT2D eigenvalue weighted by atomic mass is 35.5. The summed E-state index contributed by atoms with van der Waals surface area (Å²) >= 11 is 6.47. The smallest absolute Gasteiger partial charge is 0.411 e. The molecule has 2 aromatic heterocycles. The molecule has 0 bridgehead atoms. The summed E-state index contributed by atoms with van der Waals surface area (Å²) in [4.78, 5) is 33.3. The summed E-state index contributed by atoms with van der Waals surface area (Å²) in [5.74, 6) is -0.272. The van der Waals surface area contributed by atoms with Crippen LogP contribution in [-0.2, 0) is 21.3 Å². The Labute approximate surface area is 215 Å². The van der Waals surface area contributed by atoms with E-state index >= 15 is 0 Å². The van der Waals surface area contributed by atoms with Gasteiger partial charge in [-0.3, -0.25) is 10.1 Å². The van der Waals surface area contributed by atoms with Gasteiger partial charge in [-0.15, -0.1) is 0 Å². The molecule has 0 saturated carbocycles. The molecule has 10 nitrogen and oxygen atoms in total. The average molecular weight is 536 g/mol. The molecular formula is C24H30ClN5O5S. The number of imidazole rings is 1. The fourth-order valence-corrected chi connectivity index (χ4v) is 4.82. The minimum atomic E-state index is -3.75. The van der Waals surface area contributed by atoms with Gasteiger partial charge in [0, 0.05) is 10.7 Å². The van der Waals surface area contributed by atoms with Gasteiger partial charge >= 0.3 is 6.09 Å². The summed E-state index contributed by atoms with van der Waals surface area (Å²) < 4.78 is 33.4. The number of nitrogens with zero attached hydrogens (tertiary/aromatic N) is 3. The molecule has 0 saturated heterocycles. The average Bonchev–Trinajstić information content (AvgIpc) is 3.09. The Kier molecular flexibility index (Phi) is 8.91. The third-order valence-corrected chi connectivity index (χ3v) is 6.93. The Morgan fingerprint density at radius 3 is 2.56 bits per heavy atom. The second-order valence-electron chi connectivity index (χ2n) is 8.63. The van der Waals surface area contributed by atoms with Crippen molar-refractivity contribution in [3.63, 3.8) is 0 Å². The molecule has 12 heteroatoms. The molecule has 0 radical (unpaired) electrons. The number of anilines is 1. The number of aromatic nitrogens is 3. The number of rotatable bonds is 10. The van der Waals surface area contributed by atoms with Gasteiger partial charge in [-0.1, -0.05) is 37.4 Å². The number of pyridine rings is 1. The lowest BCUT2D eigenvalue weighted by Crippen LogP contribution is -2.33. The van der Waals surface area contributed by atoms with Crippen molar-refractivity contribution < 1.29 is 22.7 Å². The first-order valence-electron chi connectivity index (χ1n) is 11.6. The second kappa shape index (κ2) is 11.7. The molecule has 0 unspecified atom stereocenters. The number of amides is 2. The molecule has 194 valence electrons. The van der Waals surface area contributed by atoms with Crippen LogP contribution < -0.4 is 10.0 Å². The maximum absolute atomic E-state index is 12.6. The highest BCUT2D eigenvalue weighted by Crippen LogP contribution is 2.24. The van der Waals surface area contributed by atoms with E-state index in [4.69, 9.17) is 16.3 Å². The first-order chi connectivity index (χ1) is 17.0. The lowest BCUT2D eigenvalue weighted by molar-refractivity contribution is 0.0976. The summed E-state index contributed by atoms with van der Waals surface area (Å²) in [6, 6.07) is 8.15. The van der Waals surface area contributed by atoms with Crippen molar-refractivity contribution in [2.24, 2.45) is 0 Å². The van der Waals surface area contributed by atoms with E-state index in [0.29, 0.717) is 40.7 Å². The van der Waals surface area contributed by atoms with Crippen molar-refractivity contribution in [3.05, 3.63) is 52.4 Å². The van der Waals surface area contributed by atoms with Crippen molar-refractivity contribution in [1.82, 2.24) is 19.3 Å². The molecule has 2 heterocycles. The number of benzene rings is 1. The van der Waals surface area contributed by atoms with Gasteiger partial charge in [0.1, 0.15) is 17.0 Å². The summed E-state index contributed by atoms with van der Waals surface area (Å²) in [6.45, 7) is 7.57. The second-order valence-corrected chi connectivity index (χ2v) is 10.9. The summed E-state index contributed by atoms with van der Waals surface area (Å²) in [5, 5.41) is 3.03. The topological polar surface area (TPSA) is 132 Å². The maximum atomic E-state index is 12.6. The number of carbonyl (C=O) groups excluding carboxylic acids is 2. The van der Waals surface area contributed by atoms with Crippen LogP contribution in [0.1, 0.15) is 61.9 Å². The number of sulfonamides is 1. The summed E-state index contributed by atoms with van der Waals surface area (Å²) in [5.41, 5.74) is 2.16. The zero-order valence-electron chi connectivity index (χ0n) is 20.7. The molecule has 3 aromatic rings. The summed E-state index contributed by atoms with van der Waals surface area (Å²) in [6.07, 6.45) is 1.29. The minimum Gasteiger partial charge on any atom is -0.447 e. The van der Waals surface area contributed by atoms with Crippen LogP contribution in [0.3, 0.4) is 0 Å². The first kappa shape index (κ1) is 27.4. The molecule has 0 aliphatic carbocycles. The highest BCUT2D eigenvalue weighted by molar-refractivity contribution is 7.90. The van der Waals surface area contributed by atoms with Crippen LogP contribution in [0.4, 0.5) is 10.5 Å². The van der Waals surface area contributed by atoms with Crippen LogP contribution >= 0.6 is 11.6 Å². The minimum absolute atomic E-state index is 0.0305. The van der Waals surface area contributed by atoms with Gasteiger partial charge in [0.25, 0.3) is 5.91 Å². The fraction of sp³-hybridized carbons (Fsp3) is 0.417. The van der Waals surface area contributed by atoms with Crippen LogP contribution in [0.5, 0.6) is 0 Å². The Morgan fingerprint density at radius 1 is 1.14 bits per heavy atom. The lowest BCUT2D eigenvalue weighted by atomic mass is 10.2. The highest BCUT2D eigenvalue weighted by Gasteiger charge is 2.19. The van der Waals surface area contributed by atoms with E-state index in [0.717, 1.165) is 18.4 Å². The normalized spacial score (nSPS) is 11.6. The molecule has 3 rings (SSSR count). The van der Waals surface area contributed by atoms with Gasteiger partial charge in [-0.25, -0.2) is 27.9 Å². The van der Waals surface area contributed by atoms with Crippen molar-refractivity contribution >= 4 is 50.5 Å². The molecule has 0 fully saturated rings. The number of fused-ring (bicyclic) bond motifs is 1. The third-order valence-electron chi connectivity index (χ3n) is 5.25. The van der Waals surface area contributed by atoms with Crippen LogP contribution in [0.15, 0.2) is 30.3 Å². The SMILES string of the molecule is CCCCCS(=O)(=O)NC(=O)c1ccc2nc(C)n(Cc3ccc(NC(=O)OC(C)C)cc3Cl)c2n1. The molecule has 1 aromatic carbocycles. The van der Waals surface area contributed by atoms with Gasteiger partial charge in [0.05, 0.1) is 18.4 Å². The zero-order valence-corrected chi connectivity index (χ0v) is 22.2. The molecule has 0 spiro atoms. The Morgan fingerprint density at radius 2 is 1.89 bits per heavy atom. The molecule has 2 amide bonds. The third kappa shape index (κ3) is 7.17. The predicted octanol–water partition coefficient (Wildman–Crippen LogP) is 4.65. The molecule has 2 N–H and O–H groups in total. The standard InChI is InChI=1S/C24H30ClN5O5S/c1-5-6-7-12-36(33,34)29-23(31)21-11-10-20-22(28-21)30(16(4)26-20)14-17-8-9-18(13-19(17)25)27-24(32)35-15(2)3/h8-11,13,15H,5-7,12,14H2,1-4H3,(H,27,32)(H,29,31). The van der Waals surface area contributed by atoms with Crippen molar-refractivity contribution in [3.8, 4) is 0 Å². The lowest BCUT2D eigenvalue weighted by Gasteiger charge is -2.12. The van der Waals surface area contributed by atoms with E-state index in [-0.39, 0.29) is 17.6 Å². The van der Waals surface area contributed by atoms with Gasteiger partial charge in [0.15, 0.2) is 5.65 Å². The number of carbonyl (C=O) groups is 2.